The van der Waals surface area contributed by atoms with Crippen LogP contribution in [-0.4, -0.2) is 89.0 Å². The minimum absolute atomic E-state index is 0.00179. The molecule has 0 aromatic heterocycles. The van der Waals surface area contributed by atoms with Crippen LogP contribution in [0.3, 0.4) is 0 Å². The lowest BCUT2D eigenvalue weighted by molar-refractivity contribution is -0.142. The van der Waals surface area contributed by atoms with Crippen molar-refractivity contribution in [1.82, 2.24) is 16.0 Å². The molecule has 0 bridgehead atoms. The highest BCUT2D eigenvalue weighted by molar-refractivity contribution is 5.94. The highest BCUT2D eigenvalue weighted by Gasteiger charge is 2.30. The number of nitrogens with one attached hydrogen (secondary N) is 3. The number of nitrogens with zero attached hydrogens (tertiary/aromatic N) is 1. The van der Waals surface area contributed by atoms with E-state index in [2.05, 4.69) is 20.9 Å². The van der Waals surface area contributed by atoms with E-state index in [1.165, 1.54) is 0 Å². The lowest BCUT2D eigenvalue weighted by Gasteiger charge is -2.25. The quantitative estimate of drug-likeness (QED) is 0.0367. The van der Waals surface area contributed by atoms with Crippen molar-refractivity contribution in [2.24, 2.45) is 33.7 Å². The van der Waals surface area contributed by atoms with Crippen LogP contribution in [0, 0.1) is 0 Å². The number of unbranched alkanes of at least 4 members (excludes halogenated alkanes) is 1. The Bertz CT molecular complexity index is 880. The first kappa shape index (κ1) is 35.0. The van der Waals surface area contributed by atoms with Gasteiger partial charge in [0.1, 0.15) is 18.1 Å². The topological polar surface area (TPSA) is 321 Å². The summed E-state index contributed by atoms with van der Waals surface area (Å²) in [6.45, 7) is 0.455. The predicted molar refractivity (Wildman–Crippen MR) is 140 cm³/mol. The zero-order valence-corrected chi connectivity index (χ0v) is 21.8. The third-order valence-electron chi connectivity index (χ3n) is 5.46. The molecule has 0 fully saturated rings. The van der Waals surface area contributed by atoms with Crippen molar-refractivity contribution in [3.63, 3.8) is 0 Å². The molecule has 0 spiro atoms. The van der Waals surface area contributed by atoms with E-state index in [9.17, 15) is 33.9 Å². The van der Waals surface area contributed by atoms with Crippen LogP contribution in [0.1, 0.15) is 57.8 Å². The Morgan fingerprint density at radius 3 is 1.74 bits per heavy atom. The summed E-state index contributed by atoms with van der Waals surface area (Å²) in [5, 5.41) is 25.7. The summed E-state index contributed by atoms with van der Waals surface area (Å²) < 4.78 is 0. The maximum Gasteiger partial charge on any atom is 0.326 e. The van der Waals surface area contributed by atoms with Gasteiger partial charge in [0.2, 0.25) is 23.6 Å². The number of rotatable bonds is 21. The number of carboxylic acids is 2. The van der Waals surface area contributed by atoms with Gasteiger partial charge in [0.15, 0.2) is 5.96 Å². The minimum atomic E-state index is -1.38. The molecule has 17 heteroatoms. The zero-order chi connectivity index (χ0) is 30.0. The molecule has 17 nitrogen and oxygen atoms in total. The number of carboxylic acid groups (broad SMARTS) is 2. The number of amides is 4. The van der Waals surface area contributed by atoms with E-state index in [0.717, 1.165) is 0 Å². The second kappa shape index (κ2) is 19.1. The second-order valence-electron chi connectivity index (χ2n) is 8.80. The number of aliphatic imine (C=N–C) groups is 1. The van der Waals surface area contributed by atoms with Crippen LogP contribution >= 0.6 is 0 Å². The fourth-order valence-electron chi connectivity index (χ4n) is 3.31. The molecule has 0 heterocycles. The molecular formula is C22H41N9O8. The van der Waals surface area contributed by atoms with E-state index in [-0.39, 0.29) is 51.0 Å². The first-order valence-electron chi connectivity index (χ1n) is 12.4. The number of nitrogens with two attached hydrogens (primary N) is 5. The molecule has 4 unspecified atom stereocenters. The van der Waals surface area contributed by atoms with Gasteiger partial charge in [0.25, 0.3) is 0 Å². The summed E-state index contributed by atoms with van der Waals surface area (Å²) in [6.07, 6.45) is 0.160. The molecule has 0 aromatic rings. The third kappa shape index (κ3) is 16.5. The molecule has 0 aliphatic carbocycles. The molecule has 0 aliphatic heterocycles. The Morgan fingerprint density at radius 1 is 0.692 bits per heavy atom. The van der Waals surface area contributed by atoms with E-state index < -0.39 is 66.2 Å². The van der Waals surface area contributed by atoms with Crippen molar-refractivity contribution in [3.05, 3.63) is 0 Å². The molecular weight excluding hydrogens is 518 g/mol. The standard InChI is InChI=1S/C22H41N9O8/c23-10-2-1-4-13(19(36)31-15(21(38)39)5-3-11-28-22(26)27)30-20(37)14(7-9-17(33)34)29-18(35)12(24)6-8-16(25)32/h12-15H,1-11,23-24H2,(H2,25,32)(H,29,35)(H,30,37)(H,31,36)(H,33,34)(H,38,39)(H4,26,27,28). The summed E-state index contributed by atoms with van der Waals surface area (Å²) in [7, 11) is 0. The van der Waals surface area contributed by atoms with Gasteiger partial charge in [-0.05, 0) is 51.5 Å². The fourth-order valence-corrected chi connectivity index (χ4v) is 3.31. The fraction of sp³-hybridized carbons (Fsp3) is 0.682. The largest absolute Gasteiger partial charge is 0.481 e. The maximum atomic E-state index is 13.0. The Hall–Kier alpha value is -3.99. The van der Waals surface area contributed by atoms with Crippen molar-refractivity contribution in [1.29, 1.82) is 0 Å². The van der Waals surface area contributed by atoms with Gasteiger partial charge < -0.3 is 54.8 Å². The molecule has 39 heavy (non-hydrogen) atoms. The lowest BCUT2D eigenvalue weighted by atomic mass is 10.0. The average Bonchev–Trinajstić information content (AvgIpc) is 2.85. The van der Waals surface area contributed by atoms with E-state index >= 15 is 0 Å². The van der Waals surface area contributed by atoms with Crippen LogP contribution in [0.5, 0.6) is 0 Å². The van der Waals surface area contributed by atoms with Gasteiger partial charge in [-0.1, -0.05) is 0 Å². The molecule has 15 N–H and O–H groups in total. The summed E-state index contributed by atoms with van der Waals surface area (Å²) >= 11 is 0. The van der Waals surface area contributed by atoms with Gasteiger partial charge in [0, 0.05) is 19.4 Å². The summed E-state index contributed by atoms with van der Waals surface area (Å²) in [6, 6.07) is -5.09. The predicted octanol–water partition coefficient (Wildman–Crippen LogP) is -3.83. The van der Waals surface area contributed by atoms with E-state index in [4.69, 9.17) is 33.8 Å². The molecule has 0 rings (SSSR count). The smallest absolute Gasteiger partial charge is 0.326 e. The monoisotopic (exact) mass is 559 g/mol. The summed E-state index contributed by atoms with van der Waals surface area (Å²) in [5.41, 5.74) is 26.8. The first-order chi connectivity index (χ1) is 18.3. The van der Waals surface area contributed by atoms with Gasteiger partial charge in [-0.25, -0.2) is 4.79 Å². The Labute approximate surface area is 225 Å². The number of carbonyl (C=O) groups is 6. The lowest BCUT2D eigenvalue weighted by Crippen LogP contribution is -2.57. The molecule has 222 valence electrons. The highest BCUT2D eigenvalue weighted by Crippen LogP contribution is 2.07. The number of hydrogen-bond donors (Lipinski definition) is 10. The SMILES string of the molecule is NCCCCC(NC(=O)C(CCC(=O)O)NC(=O)C(N)CCC(N)=O)C(=O)NC(CCCN=C(N)N)C(=O)O. The van der Waals surface area contributed by atoms with Crippen LogP contribution in [-0.2, 0) is 28.8 Å². The third-order valence-corrected chi connectivity index (χ3v) is 5.46. The zero-order valence-electron chi connectivity index (χ0n) is 21.8. The van der Waals surface area contributed by atoms with Crippen molar-refractivity contribution >= 4 is 41.5 Å². The summed E-state index contributed by atoms with van der Waals surface area (Å²) in [5.74, 6) is -5.88. The Kier molecular flexibility index (Phi) is 17.2. The van der Waals surface area contributed by atoms with E-state index in [1.54, 1.807) is 0 Å². The Balaban J connectivity index is 5.56. The maximum absolute atomic E-state index is 13.0. The number of aliphatic carboxylic acids is 2. The van der Waals surface area contributed by atoms with Crippen molar-refractivity contribution in [2.45, 2.75) is 82.0 Å². The van der Waals surface area contributed by atoms with E-state index in [1.807, 2.05) is 0 Å². The number of primary amides is 1. The molecule has 0 aromatic carbocycles. The molecule has 0 radical (unpaired) electrons. The number of carbonyl (C=O) groups excluding carboxylic acids is 4. The number of hydrogen-bond acceptors (Lipinski definition) is 9. The van der Waals surface area contributed by atoms with Gasteiger partial charge in [0.05, 0.1) is 6.04 Å². The van der Waals surface area contributed by atoms with Crippen molar-refractivity contribution < 1.29 is 39.0 Å². The first-order valence-corrected chi connectivity index (χ1v) is 12.4. The molecule has 0 saturated heterocycles. The van der Waals surface area contributed by atoms with Crippen molar-refractivity contribution in [3.8, 4) is 0 Å². The van der Waals surface area contributed by atoms with Crippen LogP contribution < -0.4 is 44.6 Å². The van der Waals surface area contributed by atoms with Crippen LogP contribution in [0.4, 0.5) is 0 Å². The van der Waals surface area contributed by atoms with Crippen LogP contribution in [0.25, 0.3) is 0 Å². The molecule has 0 saturated carbocycles. The van der Waals surface area contributed by atoms with E-state index in [0.29, 0.717) is 19.4 Å². The molecule has 4 atom stereocenters. The van der Waals surface area contributed by atoms with Gasteiger partial charge in [-0.15, -0.1) is 0 Å². The summed E-state index contributed by atoms with van der Waals surface area (Å²) in [4.78, 5) is 75.9. The van der Waals surface area contributed by atoms with Gasteiger partial charge in [-0.3, -0.25) is 29.0 Å². The Morgan fingerprint density at radius 2 is 1.23 bits per heavy atom. The molecule has 0 aliphatic rings. The second-order valence-corrected chi connectivity index (χ2v) is 8.80. The molecule has 4 amide bonds. The van der Waals surface area contributed by atoms with Crippen LogP contribution in [0.2, 0.25) is 0 Å². The minimum Gasteiger partial charge on any atom is -0.481 e. The van der Waals surface area contributed by atoms with Gasteiger partial charge >= 0.3 is 11.9 Å². The highest BCUT2D eigenvalue weighted by atomic mass is 16.4. The van der Waals surface area contributed by atoms with Gasteiger partial charge in [-0.2, -0.15) is 0 Å². The van der Waals surface area contributed by atoms with Crippen molar-refractivity contribution in [2.75, 3.05) is 13.1 Å². The average molecular weight is 560 g/mol. The normalized spacial score (nSPS) is 13.7. The van der Waals surface area contributed by atoms with Crippen LogP contribution in [0.15, 0.2) is 4.99 Å². The number of guanidine groups is 1.